The van der Waals surface area contributed by atoms with Gasteiger partial charge in [0.25, 0.3) is 11.1 Å². The predicted octanol–water partition coefficient (Wildman–Crippen LogP) is 4.25. The van der Waals surface area contributed by atoms with Crippen molar-refractivity contribution in [2.24, 2.45) is 17.8 Å². The van der Waals surface area contributed by atoms with Crippen LogP contribution < -0.4 is 5.32 Å². The number of hydrogen-bond donors (Lipinski definition) is 2. The highest BCUT2D eigenvalue weighted by molar-refractivity contribution is 7.99. The molecule has 0 spiro atoms. The second-order valence-corrected chi connectivity index (χ2v) is 9.03. The summed E-state index contributed by atoms with van der Waals surface area (Å²) in [4.78, 5) is 15.6. The normalized spacial score (nSPS) is 24.7. The molecule has 4 atom stereocenters. The van der Waals surface area contributed by atoms with Gasteiger partial charge in [-0.2, -0.15) is 0 Å². The number of nitrogens with one attached hydrogen (secondary N) is 2. The molecule has 0 saturated heterocycles. The van der Waals surface area contributed by atoms with Gasteiger partial charge in [-0.05, 0) is 50.0 Å². The maximum absolute atomic E-state index is 12.4. The van der Waals surface area contributed by atoms with Crippen LogP contribution in [0.2, 0.25) is 0 Å². The Labute approximate surface area is 167 Å². The largest absolute Gasteiger partial charge is 0.411 e. The monoisotopic (exact) mass is 396 g/mol. The first-order valence-electron chi connectivity index (χ1n) is 9.99. The number of H-pyrrole nitrogens is 1. The molecule has 2 N–H and O–H groups in total. The van der Waals surface area contributed by atoms with E-state index in [9.17, 15) is 4.79 Å². The Balaban J connectivity index is 1.18. The van der Waals surface area contributed by atoms with E-state index in [1.54, 1.807) is 0 Å². The standard InChI is InChI=1S/C21H24N4O2S/c1-12(16-9-13-6-7-14(16)8-13)23-19(26)11-28-21-25-24-20(27-21)17-10-22-18-5-3-2-4-15(17)18/h2-5,10,12-14,16,22H,6-9,11H2,1H3,(H,23,26)/t12-,13-,14-,16+/m0/s1. The number of hydrogen-bond acceptors (Lipinski definition) is 5. The molecule has 1 amide bonds. The number of rotatable bonds is 6. The summed E-state index contributed by atoms with van der Waals surface area (Å²) < 4.78 is 5.77. The van der Waals surface area contributed by atoms with Crippen LogP contribution in [0.25, 0.3) is 22.4 Å². The molecule has 146 valence electrons. The van der Waals surface area contributed by atoms with Crippen molar-refractivity contribution < 1.29 is 9.21 Å². The SMILES string of the molecule is C[C@H](NC(=O)CSc1nnc(-c2c[nH]c3ccccc23)o1)[C@H]1C[C@H]2CC[C@H]1C2. The van der Waals surface area contributed by atoms with Crippen LogP contribution in [0.15, 0.2) is 40.1 Å². The molecule has 2 heterocycles. The number of aromatic nitrogens is 3. The second kappa shape index (κ2) is 7.28. The van der Waals surface area contributed by atoms with Crippen LogP contribution in [0.4, 0.5) is 0 Å². The fourth-order valence-corrected chi connectivity index (χ4v) is 5.64. The summed E-state index contributed by atoms with van der Waals surface area (Å²) in [5.41, 5.74) is 1.91. The minimum atomic E-state index is 0.0344. The van der Waals surface area contributed by atoms with Crippen LogP contribution in [-0.2, 0) is 4.79 Å². The van der Waals surface area contributed by atoms with Crippen molar-refractivity contribution in [1.82, 2.24) is 20.5 Å². The molecule has 0 aliphatic heterocycles. The Morgan fingerprint density at radius 3 is 3.04 bits per heavy atom. The van der Waals surface area contributed by atoms with Crippen LogP contribution in [0.3, 0.4) is 0 Å². The summed E-state index contributed by atoms with van der Waals surface area (Å²) in [7, 11) is 0. The fourth-order valence-electron chi connectivity index (χ4n) is 5.06. The van der Waals surface area contributed by atoms with E-state index in [-0.39, 0.29) is 11.9 Å². The lowest BCUT2D eigenvalue weighted by atomic mass is 9.84. The van der Waals surface area contributed by atoms with Crippen LogP contribution in [0, 0.1) is 17.8 Å². The molecule has 2 fully saturated rings. The number of benzene rings is 1. The van der Waals surface area contributed by atoms with Gasteiger partial charge in [-0.15, -0.1) is 10.2 Å². The van der Waals surface area contributed by atoms with Gasteiger partial charge in [0.05, 0.1) is 11.3 Å². The topological polar surface area (TPSA) is 83.8 Å². The molecule has 2 aromatic heterocycles. The van der Waals surface area contributed by atoms with E-state index >= 15 is 0 Å². The minimum Gasteiger partial charge on any atom is -0.411 e. The number of para-hydroxylation sites is 1. The van der Waals surface area contributed by atoms with E-state index in [2.05, 4.69) is 27.4 Å². The molecule has 0 radical (unpaired) electrons. The molecule has 1 aromatic carbocycles. The zero-order valence-electron chi connectivity index (χ0n) is 15.9. The third kappa shape index (κ3) is 3.32. The molecule has 7 heteroatoms. The van der Waals surface area contributed by atoms with Crippen LogP contribution in [-0.4, -0.2) is 32.9 Å². The number of fused-ring (bicyclic) bond motifs is 3. The first-order chi connectivity index (χ1) is 13.7. The maximum Gasteiger partial charge on any atom is 0.277 e. The summed E-state index contributed by atoms with van der Waals surface area (Å²) in [5.74, 6) is 3.14. The Morgan fingerprint density at radius 1 is 1.32 bits per heavy atom. The molecule has 6 nitrogen and oxygen atoms in total. The summed E-state index contributed by atoms with van der Waals surface area (Å²) in [6.45, 7) is 2.15. The molecular weight excluding hydrogens is 372 g/mol. The lowest BCUT2D eigenvalue weighted by Crippen LogP contribution is -2.40. The Kier molecular flexibility index (Phi) is 4.62. The summed E-state index contributed by atoms with van der Waals surface area (Å²) in [6.07, 6.45) is 7.22. The zero-order chi connectivity index (χ0) is 19.1. The zero-order valence-corrected chi connectivity index (χ0v) is 16.7. The Hall–Kier alpha value is -2.28. The van der Waals surface area contributed by atoms with Crippen molar-refractivity contribution in [3.05, 3.63) is 30.5 Å². The summed E-state index contributed by atoms with van der Waals surface area (Å²) in [5, 5.41) is 12.9. The van der Waals surface area contributed by atoms with E-state index in [0.29, 0.717) is 22.8 Å². The lowest BCUT2D eigenvalue weighted by Gasteiger charge is -2.28. The Morgan fingerprint density at radius 2 is 2.21 bits per heavy atom. The van der Waals surface area contributed by atoms with Crippen molar-refractivity contribution in [1.29, 1.82) is 0 Å². The van der Waals surface area contributed by atoms with Crippen LogP contribution >= 0.6 is 11.8 Å². The number of nitrogens with zero attached hydrogens (tertiary/aromatic N) is 2. The fraction of sp³-hybridized carbons (Fsp3) is 0.476. The van der Waals surface area contributed by atoms with Crippen molar-refractivity contribution >= 4 is 28.6 Å². The minimum absolute atomic E-state index is 0.0344. The van der Waals surface area contributed by atoms with E-state index in [1.165, 1.54) is 37.4 Å². The summed E-state index contributed by atoms with van der Waals surface area (Å²) in [6, 6.07) is 8.23. The predicted molar refractivity (Wildman–Crippen MR) is 109 cm³/mol. The maximum atomic E-state index is 12.4. The molecular formula is C21H24N4O2S. The van der Waals surface area contributed by atoms with Crippen molar-refractivity contribution in [3.63, 3.8) is 0 Å². The van der Waals surface area contributed by atoms with Gasteiger partial charge in [0.2, 0.25) is 5.91 Å². The quantitative estimate of drug-likeness (QED) is 0.609. The number of aromatic amines is 1. The van der Waals surface area contributed by atoms with E-state index < -0.39 is 0 Å². The average Bonchev–Trinajstić information content (AvgIpc) is 3.49. The van der Waals surface area contributed by atoms with Crippen molar-refractivity contribution in [3.8, 4) is 11.5 Å². The molecule has 3 aromatic rings. The van der Waals surface area contributed by atoms with Crippen LogP contribution in [0.1, 0.15) is 32.6 Å². The van der Waals surface area contributed by atoms with Gasteiger partial charge in [-0.25, -0.2) is 0 Å². The highest BCUT2D eigenvalue weighted by Gasteiger charge is 2.42. The number of carbonyl (C=O) groups is 1. The summed E-state index contributed by atoms with van der Waals surface area (Å²) >= 11 is 1.29. The first kappa shape index (κ1) is 17.8. The highest BCUT2D eigenvalue weighted by atomic mass is 32.2. The molecule has 5 rings (SSSR count). The van der Waals surface area contributed by atoms with Crippen molar-refractivity contribution in [2.75, 3.05) is 5.75 Å². The first-order valence-corrected chi connectivity index (χ1v) is 11.0. The number of amides is 1. The van der Waals surface area contributed by atoms with E-state index in [1.807, 2.05) is 30.5 Å². The molecule has 0 unspecified atom stereocenters. The third-order valence-electron chi connectivity index (χ3n) is 6.38. The smallest absolute Gasteiger partial charge is 0.277 e. The third-order valence-corrected chi connectivity index (χ3v) is 7.19. The van der Waals surface area contributed by atoms with Gasteiger partial charge < -0.3 is 14.7 Å². The van der Waals surface area contributed by atoms with Gasteiger partial charge in [0.1, 0.15) is 0 Å². The van der Waals surface area contributed by atoms with Gasteiger partial charge >= 0.3 is 0 Å². The molecule has 28 heavy (non-hydrogen) atoms. The van der Waals surface area contributed by atoms with E-state index in [0.717, 1.165) is 28.3 Å². The highest BCUT2D eigenvalue weighted by Crippen LogP contribution is 2.49. The van der Waals surface area contributed by atoms with Gasteiger partial charge in [0.15, 0.2) is 0 Å². The molecule has 2 aliphatic carbocycles. The van der Waals surface area contributed by atoms with Crippen molar-refractivity contribution in [2.45, 2.75) is 43.9 Å². The molecule has 2 bridgehead atoms. The Bertz CT molecular complexity index is 997. The van der Waals surface area contributed by atoms with Crippen LogP contribution in [0.5, 0.6) is 0 Å². The van der Waals surface area contributed by atoms with Gasteiger partial charge in [0, 0.05) is 23.1 Å². The number of thioether (sulfide) groups is 1. The second-order valence-electron chi connectivity index (χ2n) is 8.10. The molecule has 2 saturated carbocycles. The van der Waals surface area contributed by atoms with Gasteiger partial charge in [-0.1, -0.05) is 36.4 Å². The lowest BCUT2D eigenvalue weighted by molar-refractivity contribution is -0.119. The number of carbonyl (C=O) groups excluding carboxylic acids is 1. The molecule has 2 aliphatic rings. The average molecular weight is 397 g/mol. The van der Waals surface area contributed by atoms with Gasteiger partial charge in [-0.3, -0.25) is 4.79 Å². The van der Waals surface area contributed by atoms with E-state index in [4.69, 9.17) is 4.42 Å².